The maximum absolute atomic E-state index is 11.8. The van der Waals surface area contributed by atoms with Gasteiger partial charge in [0.25, 0.3) is 5.24 Å². The van der Waals surface area contributed by atoms with E-state index in [1.54, 1.807) is 0 Å². The molecule has 2 rings (SSSR count). The van der Waals surface area contributed by atoms with Crippen LogP contribution in [0, 0.1) is 0 Å². The molecule has 17 heavy (non-hydrogen) atoms. The second-order valence-corrected chi connectivity index (χ2v) is 4.88. The number of amides is 3. The van der Waals surface area contributed by atoms with Crippen LogP contribution in [0.4, 0.5) is 4.79 Å². The lowest BCUT2D eigenvalue weighted by molar-refractivity contribution is -0.138. The first-order valence-corrected chi connectivity index (χ1v) is 6.33. The third-order valence-electron chi connectivity index (χ3n) is 2.81. The van der Waals surface area contributed by atoms with Gasteiger partial charge in [-0.05, 0) is 0 Å². The van der Waals surface area contributed by atoms with Gasteiger partial charge in [-0.2, -0.15) is 0 Å². The van der Waals surface area contributed by atoms with Crippen molar-refractivity contribution in [3.05, 3.63) is 0 Å². The molecular formula is C10H12N2O4S. The molecule has 0 saturated carbocycles. The molecule has 0 radical (unpaired) electrons. The van der Waals surface area contributed by atoms with Gasteiger partial charge in [0.2, 0.25) is 11.8 Å². The van der Waals surface area contributed by atoms with E-state index in [1.165, 1.54) is 4.90 Å². The van der Waals surface area contributed by atoms with E-state index in [0.29, 0.717) is 25.9 Å². The standard InChI is InChI=1S/C10H12N2O4S/c13-7-1-3-11(4-2-7)8(14)5-12-9(15)6-17-10(12)16/h1-6H2. The Hall–Kier alpha value is -1.37. The molecule has 3 amide bonds. The highest BCUT2D eigenvalue weighted by Crippen LogP contribution is 2.18. The Morgan fingerprint density at radius 2 is 1.82 bits per heavy atom. The molecule has 0 unspecified atom stereocenters. The van der Waals surface area contributed by atoms with Gasteiger partial charge < -0.3 is 4.90 Å². The average Bonchev–Trinajstić information content (AvgIpc) is 2.61. The normalized spacial score (nSPS) is 21.3. The first-order chi connectivity index (χ1) is 8.08. The zero-order chi connectivity index (χ0) is 12.4. The Balaban J connectivity index is 1.90. The lowest BCUT2D eigenvalue weighted by Crippen LogP contribution is -2.45. The van der Waals surface area contributed by atoms with Gasteiger partial charge in [-0.15, -0.1) is 0 Å². The van der Waals surface area contributed by atoms with Crippen molar-refractivity contribution in [1.82, 2.24) is 9.80 Å². The molecule has 2 heterocycles. The van der Waals surface area contributed by atoms with Gasteiger partial charge in [0, 0.05) is 25.9 Å². The number of hydrogen-bond donors (Lipinski definition) is 0. The van der Waals surface area contributed by atoms with Crippen LogP contribution in [0.2, 0.25) is 0 Å². The van der Waals surface area contributed by atoms with E-state index < -0.39 is 0 Å². The van der Waals surface area contributed by atoms with Crippen LogP contribution in [0.5, 0.6) is 0 Å². The Morgan fingerprint density at radius 1 is 1.18 bits per heavy atom. The summed E-state index contributed by atoms with van der Waals surface area (Å²) in [4.78, 5) is 48.0. The summed E-state index contributed by atoms with van der Waals surface area (Å²) in [5.74, 6) is -0.314. The third-order valence-corrected chi connectivity index (χ3v) is 3.67. The highest BCUT2D eigenvalue weighted by atomic mass is 32.2. The predicted molar refractivity (Wildman–Crippen MR) is 60.4 cm³/mol. The number of ketones is 1. The minimum absolute atomic E-state index is 0.116. The van der Waals surface area contributed by atoms with Gasteiger partial charge >= 0.3 is 0 Å². The zero-order valence-electron chi connectivity index (χ0n) is 9.18. The number of rotatable bonds is 2. The highest BCUT2D eigenvalue weighted by Gasteiger charge is 2.33. The summed E-state index contributed by atoms with van der Waals surface area (Å²) in [6.45, 7) is 0.584. The van der Waals surface area contributed by atoms with Crippen LogP contribution >= 0.6 is 11.8 Å². The Bertz CT molecular complexity index is 370. The number of piperidine rings is 1. The minimum Gasteiger partial charge on any atom is -0.340 e. The van der Waals surface area contributed by atoms with Crippen molar-refractivity contribution in [1.29, 1.82) is 0 Å². The van der Waals surface area contributed by atoms with Crippen molar-refractivity contribution in [2.75, 3.05) is 25.4 Å². The summed E-state index contributed by atoms with van der Waals surface area (Å²) in [6, 6.07) is 0. The molecular weight excluding hydrogens is 244 g/mol. The molecule has 2 aliphatic rings. The number of nitrogens with zero attached hydrogens (tertiary/aromatic N) is 2. The van der Waals surface area contributed by atoms with Crippen LogP contribution in [-0.2, 0) is 14.4 Å². The number of likely N-dealkylation sites (tertiary alicyclic amines) is 1. The van der Waals surface area contributed by atoms with E-state index in [-0.39, 0.29) is 35.1 Å². The second kappa shape index (κ2) is 4.87. The van der Waals surface area contributed by atoms with E-state index in [4.69, 9.17) is 0 Å². The lowest BCUT2D eigenvalue weighted by atomic mass is 10.1. The first-order valence-electron chi connectivity index (χ1n) is 5.34. The van der Waals surface area contributed by atoms with Crippen LogP contribution < -0.4 is 0 Å². The third kappa shape index (κ3) is 2.66. The van der Waals surface area contributed by atoms with Gasteiger partial charge in [-0.1, -0.05) is 11.8 Å². The summed E-state index contributed by atoms with van der Waals surface area (Å²) in [5, 5.41) is -0.364. The van der Waals surface area contributed by atoms with E-state index in [2.05, 4.69) is 0 Å². The molecule has 0 aromatic rings. The first kappa shape index (κ1) is 12.1. The van der Waals surface area contributed by atoms with Gasteiger partial charge in [-0.3, -0.25) is 24.1 Å². The largest absolute Gasteiger partial charge is 0.340 e. The lowest BCUT2D eigenvalue weighted by Gasteiger charge is -2.27. The van der Waals surface area contributed by atoms with Crippen molar-refractivity contribution in [2.24, 2.45) is 0 Å². The summed E-state index contributed by atoms with van der Waals surface area (Å²) in [7, 11) is 0. The molecule has 92 valence electrons. The maximum Gasteiger partial charge on any atom is 0.289 e. The van der Waals surface area contributed by atoms with Crippen molar-refractivity contribution in [2.45, 2.75) is 12.8 Å². The predicted octanol–water partition coefficient (Wildman–Crippen LogP) is -0.127. The quantitative estimate of drug-likeness (QED) is 0.688. The molecule has 6 nitrogen and oxygen atoms in total. The van der Waals surface area contributed by atoms with Crippen molar-refractivity contribution < 1.29 is 19.2 Å². The van der Waals surface area contributed by atoms with E-state index in [0.717, 1.165) is 16.7 Å². The number of thioether (sulfide) groups is 1. The molecule has 0 spiro atoms. The average molecular weight is 256 g/mol. The molecule has 0 N–H and O–H groups in total. The topological polar surface area (TPSA) is 74.8 Å². The van der Waals surface area contributed by atoms with E-state index in [9.17, 15) is 19.2 Å². The number of Topliss-reactive ketones (excluding diaryl/α,β-unsaturated/α-hetero) is 1. The fourth-order valence-electron chi connectivity index (χ4n) is 1.77. The highest BCUT2D eigenvalue weighted by molar-refractivity contribution is 8.14. The van der Waals surface area contributed by atoms with Gasteiger partial charge in [-0.25, -0.2) is 0 Å². The number of imide groups is 1. The molecule has 2 aliphatic heterocycles. The number of hydrogen-bond acceptors (Lipinski definition) is 5. The molecule has 0 bridgehead atoms. The van der Waals surface area contributed by atoms with Crippen molar-refractivity contribution in [3.63, 3.8) is 0 Å². The van der Waals surface area contributed by atoms with Gasteiger partial charge in [0.1, 0.15) is 12.3 Å². The Kier molecular flexibility index (Phi) is 3.46. The monoisotopic (exact) mass is 256 g/mol. The fraction of sp³-hybridized carbons (Fsp3) is 0.600. The van der Waals surface area contributed by atoms with Crippen molar-refractivity contribution >= 4 is 34.6 Å². The Morgan fingerprint density at radius 3 is 2.35 bits per heavy atom. The molecule has 2 fully saturated rings. The van der Waals surface area contributed by atoms with E-state index in [1.807, 2.05) is 0 Å². The summed E-state index contributed by atoms with van der Waals surface area (Å²) >= 11 is 0.915. The van der Waals surface area contributed by atoms with Crippen LogP contribution in [-0.4, -0.2) is 58.0 Å². The maximum atomic E-state index is 11.8. The summed E-state index contributed by atoms with van der Waals surface area (Å²) in [5.41, 5.74) is 0. The number of carbonyl (C=O) groups excluding carboxylic acids is 4. The van der Waals surface area contributed by atoms with Crippen LogP contribution in [0.15, 0.2) is 0 Å². The molecule has 0 atom stereocenters. The summed E-state index contributed by atoms with van der Waals surface area (Å²) < 4.78 is 0. The molecule has 0 aromatic heterocycles. The van der Waals surface area contributed by atoms with E-state index >= 15 is 0 Å². The molecule has 7 heteroatoms. The Labute approximate surface area is 102 Å². The molecule has 0 aromatic carbocycles. The van der Waals surface area contributed by atoms with Gasteiger partial charge in [0.05, 0.1) is 5.75 Å². The minimum atomic E-state index is -0.364. The SMILES string of the molecule is O=C1CCN(C(=O)CN2C(=O)CSC2=O)CC1. The fourth-order valence-corrected chi connectivity index (χ4v) is 2.50. The van der Waals surface area contributed by atoms with Crippen LogP contribution in [0.3, 0.4) is 0 Å². The van der Waals surface area contributed by atoms with Crippen molar-refractivity contribution in [3.8, 4) is 0 Å². The van der Waals surface area contributed by atoms with Gasteiger partial charge in [0.15, 0.2) is 0 Å². The second-order valence-electron chi connectivity index (χ2n) is 3.95. The zero-order valence-corrected chi connectivity index (χ0v) is 9.99. The van der Waals surface area contributed by atoms with Crippen LogP contribution in [0.25, 0.3) is 0 Å². The smallest absolute Gasteiger partial charge is 0.289 e. The number of carbonyl (C=O) groups is 4. The molecule has 0 aliphatic carbocycles. The van der Waals surface area contributed by atoms with Crippen LogP contribution in [0.1, 0.15) is 12.8 Å². The molecule has 2 saturated heterocycles. The summed E-state index contributed by atoms with van der Waals surface area (Å²) in [6.07, 6.45) is 0.727.